The number of carboxylic acid groups (broad SMARTS) is 1. The number of rotatable bonds is 15. The molecule has 2 aromatic rings. The van der Waals surface area contributed by atoms with E-state index in [1.54, 1.807) is 0 Å². The van der Waals surface area contributed by atoms with Crippen molar-refractivity contribution >= 4 is 35.3 Å². The van der Waals surface area contributed by atoms with Crippen LogP contribution in [0.25, 0.3) is 0 Å². The summed E-state index contributed by atoms with van der Waals surface area (Å²) in [5.41, 5.74) is 12.6. The van der Waals surface area contributed by atoms with Crippen LogP contribution < -0.4 is 26.8 Å². The van der Waals surface area contributed by atoms with Gasteiger partial charge in [-0.2, -0.15) is 0 Å². The summed E-state index contributed by atoms with van der Waals surface area (Å²) in [6.45, 7) is 3.74. The van der Waals surface area contributed by atoms with Gasteiger partial charge in [-0.05, 0) is 48.9 Å². The van der Waals surface area contributed by atoms with Crippen molar-refractivity contribution in [2.24, 2.45) is 17.4 Å². The van der Waals surface area contributed by atoms with Gasteiger partial charge in [-0.1, -0.05) is 55.8 Å². The van der Waals surface area contributed by atoms with Gasteiger partial charge in [-0.25, -0.2) is 4.79 Å². The van der Waals surface area contributed by atoms with E-state index in [9.17, 15) is 24.3 Å². The molecule has 0 radical (unpaired) electrons. The maximum Gasteiger partial charge on any atom is 0.326 e. The second-order valence-electron chi connectivity index (χ2n) is 9.46. The number of halogens is 1. The highest BCUT2D eigenvalue weighted by Gasteiger charge is 2.28. The highest BCUT2D eigenvalue weighted by Crippen LogP contribution is 2.24. The fourth-order valence-electron chi connectivity index (χ4n) is 3.73. The molecule has 0 aliphatic rings. The first-order chi connectivity index (χ1) is 18.0. The largest absolute Gasteiger partial charge is 0.491 e. The summed E-state index contributed by atoms with van der Waals surface area (Å²) in [4.78, 5) is 49.1. The number of primary amides is 1. The van der Waals surface area contributed by atoms with Crippen LogP contribution in [0.3, 0.4) is 0 Å². The molecule has 2 rings (SSSR count). The number of benzene rings is 2. The summed E-state index contributed by atoms with van der Waals surface area (Å²) in [6, 6.07) is 11.3. The van der Waals surface area contributed by atoms with Gasteiger partial charge >= 0.3 is 5.97 Å². The molecule has 10 nitrogen and oxygen atoms in total. The molecular formula is C27H35ClN4O6. The summed E-state index contributed by atoms with van der Waals surface area (Å²) in [7, 11) is 0. The summed E-state index contributed by atoms with van der Waals surface area (Å²) in [5, 5.41) is 14.8. The van der Waals surface area contributed by atoms with Crippen molar-refractivity contribution in [2.75, 3.05) is 6.61 Å². The molecule has 206 valence electrons. The number of nitrogens with one attached hydrogen (secondary N) is 2. The quantitative estimate of drug-likeness (QED) is 0.228. The van der Waals surface area contributed by atoms with Crippen LogP contribution in [0.1, 0.15) is 49.0 Å². The smallest absolute Gasteiger partial charge is 0.326 e. The highest BCUT2D eigenvalue weighted by atomic mass is 35.5. The van der Waals surface area contributed by atoms with Gasteiger partial charge in [0.25, 0.3) is 5.91 Å². The molecule has 0 spiro atoms. The van der Waals surface area contributed by atoms with Crippen LogP contribution in [0.4, 0.5) is 0 Å². The third-order valence-corrected chi connectivity index (χ3v) is 5.84. The summed E-state index contributed by atoms with van der Waals surface area (Å²) >= 11 is 6.12. The number of ether oxygens (including phenoxy) is 1. The lowest BCUT2D eigenvalue weighted by atomic mass is 10.0. The van der Waals surface area contributed by atoms with Gasteiger partial charge in [0.15, 0.2) is 0 Å². The normalized spacial score (nSPS) is 13.3. The van der Waals surface area contributed by atoms with Gasteiger partial charge in [-0.15, -0.1) is 0 Å². The Balaban J connectivity index is 2.16. The van der Waals surface area contributed by atoms with Gasteiger partial charge in [0.1, 0.15) is 24.4 Å². The molecule has 0 bridgehead atoms. The molecule has 3 atom stereocenters. The van der Waals surface area contributed by atoms with Crippen LogP contribution in [0.2, 0.25) is 5.02 Å². The highest BCUT2D eigenvalue weighted by molar-refractivity contribution is 6.30. The van der Waals surface area contributed by atoms with Gasteiger partial charge in [0.05, 0.1) is 5.56 Å². The first kappa shape index (κ1) is 30.6. The Labute approximate surface area is 227 Å². The van der Waals surface area contributed by atoms with Crippen LogP contribution in [-0.2, 0) is 20.8 Å². The van der Waals surface area contributed by atoms with Crippen LogP contribution in [0.15, 0.2) is 48.5 Å². The molecule has 0 heterocycles. The van der Waals surface area contributed by atoms with E-state index in [-0.39, 0.29) is 49.1 Å². The molecule has 0 aromatic heterocycles. The van der Waals surface area contributed by atoms with Crippen molar-refractivity contribution in [1.29, 1.82) is 0 Å². The van der Waals surface area contributed by atoms with E-state index in [2.05, 4.69) is 10.6 Å². The molecule has 7 N–H and O–H groups in total. The number of carbonyl (C=O) groups excluding carboxylic acids is 3. The summed E-state index contributed by atoms with van der Waals surface area (Å²) < 4.78 is 5.83. The van der Waals surface area contributed by atoms with Crippen molar-refractivity contribution in [3.8, 4) is 5.75 Å². The van der Waals surface area contributed by atoms with Crippen molar-refractivity contribution < 1.29 is 29.0 Å². The van der Waals surface area contributed by atoms with Crippen molar-refractivity contribution in [2.45, 2.75) is 57.7 Å². The Hall–Kier alpha value is -3.63. The van der Waals surface area contributed by atoms with Crippen molar-refractivity contribution in [1.82, 2.24) is 10.6 Å². The average Bonchev–Trinajstić information content (AvgIpc) is 2.84. The van der Waals surface area contributed by atoms with Gasteiger partial charge in [0.2, 0.25) is 11.8 Å². The van der Waals surface area contributed by atoms with E-state index in [1.165, 1.54) is 18.2 Å². The third kappa shape index (κ3) is 10.4. The minimum Gasteiger partial charge on any atom is -0.491 e. The third-order valence-electron chi connectivity index (χ3n) is 5.60. The SMILES string of the molecule is CC(C)C[C@H](NC(=O)[C@H](CCC(N)=O)NC(=O)c1ccc(Cl)cc1OC[C@@H](N)Cc1ccccc1)C(=O)O. The lowest BCUT2D eigenvalue weighted by Crippen LogP contribution is -2.52. The molecule has 0 saturated heterocycles. The summed E-state index contributed by atoms with van der Waals surface area (Å²) in [5.74, 6) is -3.13. The van der Waals surface area contributed by atoms with Crippen LogP contribution in [0.5, 0.6) is 5.75 Å². The maximum atomic E-state index is 13.2. The number of carbonyl (C=O) groups is 4. The number of hydrogen-bond acceptors (Lipinski definition) is 6. The Morgan fingerprint density at radius 3 is 2.32 bits per heavy atom. The number of amides is 3. The first-order valence-electron chi connectivity index (χ1n) is 12.3. The minimum atomic E-state index is -1.21. The maximum absolute atomic E-state index is 13.2. The Morgan fingerprint density at radius 2 is 1.71 bits per heavy atom. The zero-order valence-corrected chi connectivity index (χ0v) is 22.2. The number of nitrogens with two attached hydrogens (primary N) is 2. The molecule has 38 heavy (non-hydrogen) atoms. The second kappa shape index (κ2) is 14.9. The molecule has 0 aliphatic carbocycles. The first-order valence-corrected chi connectivity index (χ1v) is 12.7. The zero-order chi connectivity index (χ0) is 28.2. The van der Waals surface area contributed by atoms with Gasteiger partial charge in [-0.3, -0.25) is 14.4 Å². The summed E-state index contributed by atoms with van der Waals surface area (Å²) in [6.07, 6.45) is 0.431. The molecular weight excluding hydrogens is 512 g/mol. The Kier molecular flexibility index (Phi) is 12.0. The van der Waals surface area contributed by atoms with Crippen LogP contribution in [0, 0.1) is 5.92 Å². The monoisotopic (exact) mass is 546 g/mol. The van der Waals surface area contributed by atoms with Crippen molar-refractivity contribution in [3.63, 3.8) is 0 Å². The van der Waals surface area contributed by atoms with Gasteiger partial charge in [0, 0.05) is 17.5 Å². The second-order valence-corrected chi connectivity index (χ2v) is 9.90. The Morgan fingerprint density at radius 1 is 1.03 bits per heavy atom. The van der Waals surface area contributed by atoms with E-state index in [0.29, 0.717) is 11.4 Å². The fraction of sp³-hybridized carbons (Fsp3) is 0.407. The Bertz CT molecular complexity index is 1110. The standard InChI is InChI=1S/C27H35ClN4O6/c1-16(2)12-22(27(36)37)32-26(35)21(10-11-24(30)33)31-25(34)20-9-8-18(28)14-23(20)38-15-19(29)13-17-6-4-3-5-7-17/h3-9,14,16,19,21-22H,10-13,15,29H2,1-2H3,(H2,30,33)(H,31,34)(H,32,35)(H,36,37)/t19-,21-,22-/m0/s1. The number of hydrogen-bond donors (Lipinski definition) is 5. The molecule has 0 aliphatic heterocycles. The average molecular weight is 547 g/mol. The van der Waals surface area contributed by atoms with Gasteiger partial charge < -0.3 is 31.9 Å². The molecule has 0 saturated carbocycles. The molecule has 0 unspecified atom stereocenters. The minimum absolute atomic E-state index is 0.00269. The van der Waals surface area contributed by atoms with Crippen molar-refractivity contribution in [3.05, 3.63) is 64.7 Å². The predicted octanol–water partition coefficient (Wildman–Crippen LogP) is 2.27. The molecule has 3 amide bonds. The van der Waals surface area contributed by atoms with Crippen LogP contribution >= 0.6 is 11.6 Å². The molecule has 2 aromatic carbocycles. The van der Waals surface area contributed by atoms with E-state index in [4.69, 9.17) is 27.8 Å². The molecule has 11 heteroatoms. The zero-order valence-electron chi connectivity index (χ0n) is 21.5. The predicted molar refractivity (Wildman–Crippen MR) is 144 cm³/mol. The fourth-order valence-corrected chi connectivity index (χ4v) is 3.89. The van der Waals surface area contributed by atoms with Crippen LogP contribution in [-0.4, -0.2) is 53.5 Å². The topological polar surface area (TPSA) is 174 Å². The van der Waals surface area contributed by atoms with E-state index in [0.717, 1.165) is 5.56 Å². The lowest BCUT2D eigenvalue weighted by molar-refractivity contribution is -0.142. The number of carboxylic acids is 1. The van der Waals surface area contributed by atoms with E-state index >= 15 is 0 Å². The number of aliphatic carboxylic acids is 1. The molecule has 0 fully saturated rings. The van der Waals surface area contributed by atoms with E-state index < -0.39 is 35.8 Å². The lowest BCUT2D eigenvalue weighted by Gasteiger charge is -2.23. The van der Waals surface area contributed by atoms with E-state index in [1.807, 2.05) is 44.2 Å².